The molecule has 2 aromatic rings. The van der Waals surface area contributed by atoms with Crippen molar-refractivity contribution >= 4 is 15.9 Å². The van der Waals surface area contributed by atoms with Crippen LogP contribution >= 0.6 is 0 Å². The van der Waals surface area contributed by atoms with E-state index >= 15 is 0 Å². The number of sulfonamides is 1. The van der Waals surface area contributed by atoms with E-state index in [9.17, 15) is 13.2 Å². The number of nitrogens with one attached hydrogen (secondary N) is 1. The average molecular weight is 364 g/mol. The molecule has 1 atom stereocenters. The second-order valence-corrected chi connectivity index (χ2v) is 8.56. The molecule has 0 aromatic carbocycles. The van der Waals surface area contributed by atoms with Crippen LogP contribution in [0.25, 0.3) is 0 Å². The topological polar surface area (TPSA) is 97.4 Å². The smallest absolute Gasteiger partial charge is 0.289 e. The minimum Gasteiger partial charge on any atom is -0.459 e. The maximum atomic E-state index is 12.6. The highest BCUT2D eigenvalue weighted by Gasteiger charge is 2.36. The van der Waals surface area contributed by atoms with Crippen molar-refractivity contribution in [2.45, 2.75) is 37.1 Å². The summed E-state index contributed by atoms with van der Waals surface area (Å²) < 4.78 is 33.7. The van der Waals surface area contributed by atoms with E-state index in [2.05, 4.69) is 9.82 Å². The minimum absolute atomic E-state index is 0.0698. The van der Waals surface area contributed by atoms with Crippen LogP contribution in [-0.2, 0) is 16.6 Å². The quantitative estimate of drug-likeness (QED) is 0.829. The molecule has 0 radical (unpaired) electrons. The Hall–Kier alpha value is -2.13. The first-order chi connectivity index (χ1) is 12.0. The highest BCUT2D eigenvalue weighted by molar-refractivity contribution is 7.90. The van der Waals surface area contributed by atoms with E-state index < -0.39 is 10.0 Å². The van der Waals surface area contributed by atoms with E-state index in [1.807, 2.05) is 10.7 Å². The zero-order chi connectivity index (χ0) is 17.4. The predicted octanol–water partition coefficient (Wildman–Crippen LogP) is 1.15. The zero-order valence-corrected chi connectivity index (χ0v) is 14.5. The maximum absolute atomic E-state index is 12.6. The number of hydrogen-bond acceptors (Lipinski definition) is 5. The molecule has 25 heavy (non-hydrogen) atoms. The van der Waals surface area contributed by atoms with Crippen molar-refractivity contribution in [2.75, 3.05) is 13.1 Å². The van der Waals surface area contributed by atoms with Crippen molar-refractivity contribution in [1.82, 2.24) is 19.4 Å². The number of aromatic nitrogens is 2. The fourth-order valence-corrected chi connectivity index (χ4v) is 4.57. The molecule has 2 aliphatic rings. The third-order valence-electron chi connectivity index (χ3n) is 4.65. The Morgan fingerprint density at radius 2 is 2.20 bits per heavy atom. The molecule has 1 N–H and O–H groups in total. The van der Waals surface area contributed by atoms with Crippen LogP contribution in [0.1, 0.15) is 41.6 Å². The maximum Gasteiger partial charge on any atom is 0.289 e. The average Bonchev–Trinajstić information content (AvgIpc) is 3.13. The molecule has 0 spiro atoms. The van der Waals surface area contributed by atoms with Gasteiger partial charge in [-0.15, -0.1) is 0 Å². The van der Waals surface area contributed by atoms with Crippen molar-refractivity contribution in [1.29, 1.82) is 0 Å². The molecule has 1 aliphatic carbocycles. The standard InChI is InChI=1S/C16H20N4O4S/c21-16(15-2-1-9-24-15)19-10-12-5-7-17-20(12)13(11-19)6-8-18-25(22,23)14-3-4-14/h1-2,5,7,9,13-14,18H,3-4,6,8,10-11H2/t13-/m1/s1. The van der Waals surface area contributed by atoms with Gasteiger partial charge in [-0.2, -0.15) is 5.10 Å². The first-order valence-corrected chi connectivity index (χ1v) is 9.93. The number of rotatable bonds is 6. The largest absolute Gasteiger partial charge is 0.459 e. The lowest BCUT2D eigenvalue weighted by Crippen LogP contribution is -2.42. The van der Waals surface area contributed by atoms with Gasteiger partial charge in [0.2, 0.25) is 10.0 Å². The second-order valence-electron chi connectivity index (χ2n) is 6.51. The van der Waals surface area contributed by atoms with Crippen LogP contribution in [0.5, 0.6) is 0 Å². The van der Waals surface area contributed by atoms with Crippen molar-refractivity contribution in [2.24, 2.45) is 0 Å². The van der Waals surface area contributed by atoms with Crippen LogP contribution in [0.3, 0.4) is 0 Å². The summed E-state index contributed by atoms with van der Waals surface area (Å²) in [5.74, 6) is 0.141. The lowest BCUT2D eigenvalue weighted by Gasteiger charge is -2.33. The van der Waals surface area contributed by atoms with Crippen LogP contribution in [0.4, 0.5) is 0 Å². The molecule has 0 saturated heterocycles. The van der Waals surface area contributed by atoms with Gasteiger partial charge in [0, 0.05) is 19.3 Å². The lowest BCUT2D eigenvalue weighted by atomic mass is 10.1. The Morgan fingerprint density at radius 1 is 1.36 bits per heavy atom. The Balaban J connectivity index is 1.44. The monoisotopic (exact) mass is 364 g/mol. The molecule has 1 fully saturated rings. The van der Waals surface area contributed by atoms with Gasteiger partial charge in [-0.05, 0) is 37.5 Å². The van der Waals surface area contributed by atoms with Crippen LogP contribution in [-0.4, -0.2) is 47.3 Å². The normalized spacial score (nSPS) is 20.5. The molecule has 2 aromatic heterocycles. The van der Waals surface area contributed by atoms with E-state index in [1.165, 1.54) is 6.26 Å². The lowest BCUT2D eigenvalue weighted by molar-refractivity contribution is 0.0632. The second kappa shape index (κ2) is 6.30. The van der Waals surface area contributed by atoms with Gasteiger partial charge < -0.3 is 9.32 Å². The van der Waals surface area contributed by atoms with Crippen LogP contribution in [0.15, 0.2) is 35.1 Å². The van der Waals surface area contributed by atoms with Crippen LogP contribution in [0, 0.1) is 0 Å². The van der Waals surface area contributed by atoms with Gasteiger partial charge in [0.15, 0.2) is 5.76 Å². The Morgan fingerprint density at radius 3 is 2.92 bits per heavy atom. The van der Waals surface area contributed by atoms with Gasteiger partial charge in [0.25, 0.3) is 5.91 Å². The van der Waals surface area contributed by atoms with Gasteiger partial charge in [-0.25, -0.2) is 13.1 Å². The molecule has 1 amide bonds. The molecule has 4 rings (SSSR count). The summed E-state index contributed by atoms with van der Waals surface area (Å²) in [6, 6.07) is 5.14. The number of nitrogens with zero attached hydrogens (tertiary/aromatic N) is 3. The van der Waals surface area contributed by atoms with Gasteiger partial charge in [-0.1, -0.05) is 0 Å². The highest BCUT2D eigenvalue weighted by atomic mass is 32.2. The summed E-state index contributed by atoms with van der Waals surface area (Å²) >= 11 is 0. The molecule has 0 unspecified atom stereocenters. The third kappa shape index (κ3) is 3.34. The van der Waals surface area contributed by atoms with Gasteiger partial charge in [-0.3, -0.25) is 9.48 Å². The molecule has 8 nitrogen and oxygen atoms in total. The summed E-state index contributed by atoms with van der Waals surface area (Å²) in [4.78, 5) is 14.3. The summed E-state index contributed by atoms with van der Waals surface area (Å²) in [7, 11) is -3.19. The van der Waals surface area contributed by atoms with E-state index in [-0.39, 0.29) is 17.2 Å². The van der Waals surface area contributed by atoms with Gasteiger partial charge >= 0.3 is 0 Å². The Labute approximate surface area is 145 Å². The minimum atomic E-state index is -3.19. The predicted molar refractivity (Wildman–Crippen MR) is 89.3 cm³/mol. The van der Waals surface area contributed by atoms with Crippen LogP contribution < -0.4 is 4.72 Å². The summed E-state index contributed by atoms with van der Waals surface area (Å²) in [5.41, 5.74) is 0.932. The van der Waals surface area contributed by atoms with Crippen molar-refractivity contribution in [3.05, 3.63) is 42.1 Å². The number of fused-ring (bicyclic) bond motifs is 1. The van der Waals surface area contributed by atoms with E-state index in [4.69, 9.17) is 4.42 Å². The molecule has 0 bridgehead atoms. The van der Waals surface area contributed by atoms with E-state index in [0.29, 0.717) is 31.8 Å². The van der Waals surface area contributed by atoms with Gasteiger partial charge in [0.05, 0.1) is 29.8 Å². The number of amides is 1. The van der Waals surface area contributed by atoms with E-state index in [0.717, 1.165) is 18.5 Å². The first kappa shape index (κ1) is 16.3. The molecule has 1 saturated carbocycles. The van der Waals surface area contributed by atoms with Crippen molar-refractivity contribution < 1.29 is 17.6 Å². The molecular weight excluding hydrogens is 344 g/mol. The molecule has 3 heterocycles. The summed E-state index contributed by atoms with van der Waals surface area (Å²) in [6.45, 7) is 1.27. The SMILES string of the molecule is O=C(c1ccco1)N1Cc2ccnn2[C@H](CCNS(=O)(=O)C2CC2)C1. The van der Waals surface area contributed by atoms with Crippen molar-refractivity contribution in [3.8, 4) is 0 Å². The third-order valence-corrected chi connectivity index (χ3v) is 6.60. The number of furan rings is 1. The summed E-state index contributed by atoms with van der Waals surface area (Å²) in [6.07, 6.45) is 5.24. The number of carbonyl (C=O) groups excluding carboxylic acids is 1. The molecule has 9 heteroatoms. The fourth-order valence-electron chi connectivity index (χ4n) is 3.18. The molecule has 134 valence electrons. The molecular formula is C16H20N4O4S. The summed E-state index contributed by atoms with van der Waals surface area (Å²) in [5, 5.41) is 4.11. The Bertz CT molecular complexity index is 855. The van der Waals surface area contributed by atoms with Gasteiger partial charge in [0.1, 0.15) is 0 Å². The fraction of sp³-hybridized carbons (Fsp3) is 0.500. The zero-order valence-electron chi connectivity index (χ0n) is 13.7. The first-order valence-electron chi connectivity index (χ1n) is 8.38. The highest BCUT2D eigenvalue weighted by Crippen LogP contribution is 2.28. The Kier molecular flexibility index (Phi) is 4.12. The van der Waals surface area contributed by atoms with Crippen LogP contribution in [0.2, 0.25) is 0 Å². The number of hydrogen-bond donors (Lipinski definition) is 1. The molecule has 1 aliphatic heterocycles. The van der Waals surface area contributed by atoms with E-state index in [1.54, 1.807) is 23.2 Å². The van der Waals surface area contributed by atoms with Crippen molar-refractivity contribution in [3.63, 3.8) is 0 Å². The number of carbonyl (C=O) groups is 1.